The van der Waals surface area contributed by atoms with Crippen molar-refractivity contribution in [2.45, 2.75) is 25.4 Å². The first kappa shape index (κ1) is 22.1. The molecular formula is C19H21N4NaO6. The molecule has 1 aromatic carbocycles. The average molecular weight is 424 g/mol. The van der Waals surface area contributed by atoms with Gasteiger partial charge >= 0.3 is 41.6 Å². The normalized spacial score (nSPS) is 23.9. The van der Waals surface area contributed by atoms with Crippen LogP contribution in [0.1, 0.15) is 13.3 Å². The van der Waals surface area contributed by atoms with E-state index in [1.807, 2.05) is 0 Å². The molecule has 0 unspecified atom stereocenters. The minimum atomic E-state index is -1.22. The number of hydrogen-bond acceptors (Lipinski definition) is 5. The van der Waals surface area contributed by atoms with Gasteiger partial charge in [0.1, 0.15) is 17.5 Å². The SMILES string of the molecule is CC(=O)NCC1=C(C(=O)O)N2C(=O)[C@@H]3[C@H]2[C@H](C1)CN3C(=O)Nc1ccc(O)cc1.[NaH]. The second-order valence-corrected chi connectivity index (χ2v) is 7.40. The fourth-order valence-electron chi connectivity index (χ4n) is 4.37. The minimum absolute atomic E-state index is 0. The summed E-state index contributed by atoms with van der Waals surface area (Å²) >= 11 is 0. The summed E-state index contributed by atoms with van der Waals surface area (Å²) < 4.78 is 0. The summed E-state index contributed by atoms with van der Waals surface area (Å²) in [4.78, 5) is 51.2. The van der Waals surface area contributed by atoms with Crippen LogP contribution in [0.3, 0.4) is 0 Å². The standard InChI is InChI=1S/C19H20N4O6.Na.H/c1-9(24)20-7-10-6-11-8-22(19(29)21-12-2-4-13(25)5-3-12)16-14(11)23(17(16)26)15(10)18(27)28;;/h2-5,11,14,16,25H,6-8H2,1H3,(H,20,24)(H,21,29)(H,27,28);;/t11-,14-,16+;;/m1../s1. The van der Waals surface area contributed by atoms with Crippen molar-refractivity contribution in [3.05, 3.63) is 35.5 Å². The molecule has 2 saturated heterocycles. The number of phenolic OH excluding ortho intramolecular Hbond substituents is 1. The van der Waals surface area contributed by atoms with Crippen LogP contribution in [0.4, 0.5) is 10.5 Å². The van der Waals surface area contributed by atoms with Gasteiger partial charge in [-0.3, -0.25) is 14.5 Å². The number of nitrogens with zero attached hydrogens (tertiary/aromatic N) is 2. The molecule has 0 aromatic heterocycles. The summed E-state index contributed by atoms with van der Waals surface area (Å²) in [6.07, 6.45) is 0.385. The molecule has 3 heterocycles. The van der Waals surface area contributed by atoms with Crippen molar-refractivity contribution in [1.29, 1.82) is 0 Å². The monoisotopic (exact) mass is 424 g/mol. The molecule has 4 amide bonds. The number of β-lactam (4-membered cyclic amide) rings is 1. The van der Waals surface area contributed by atoms with Crippen molar-refractivity contribution in [3.8, 4) is 5.75 Å². The molecule has 2 fully saturated rings. The van der Waals surface area contributed by atoms with E-state index in [4.69, 9.17) is 0 Å². The average Bonchev–Trinajstić information content (AvgIpc) is 3.03. The summed E-state index contributed by atoms with van der Waals surface area (Å²) in [7, 11) is 0. The Bertz CT molecular complexity index is 947. The topological polar surface area (TPSA) is 139 Å². The molecule has 3 aliphatic rings. The number of carboxylic acids is 1. The molecule has 0 aliphatic carbocycles. The fraction of sp³-hybridized carbons (Fsp3) is 0.368. The maximum atomic E-state index is 12.8. The van der Waals surface area contributed by atoms with E-state index in [-0.39, 0.29) is 65.4 Å². The van der Waals surface area contributed by atoms with Gasteiger partial charge in [0.15, 0.2) is 0 Å². The van der Waals surface area contributed by atoms with Gasteiger partial charge in [0.2, 0.25) is 5.91 Å². The van der Waals surface area contributed by atoms with Gasteiger partial charge in [-0.15, -0.1) is 0 Å². The third-order valence-corrected chi connectivity index (χ3v) is 5.58. The van der Waals surface area contributed by atoms with E-state index >= 15 is 0 Å². The number of amides is 4. The van der Waals surface area contributed by atoms with Gasteiger partial charge in [-0.05, 0) is 36.3 Å². The Balaban J connectivity index is 0.00000256. The number of nitrogens with one attached hydrogen (secondary N) is 2. The first-order valence-corrected chi connectivity index (χ1v) is 9.17. The summed E-state index contributed by atoms with van der Waals surface area (Å²) in [5.74, 6) is -1.98. The maximum absolute atomic E-state index is 12.8. The molecule has 3 atom stereocenters. The first-order chi connectivity index (χ1) is 13.8. The summed E-state index contributed by atoms with van der Waals surface area (Å²) in [6.45, 7) is 1.69. The molecule has 30 heavy (non-hydrogen) atoms. The van der Waals surface area contributed by atoms with Crippen molar-refractivity contribution in [1.82, 2.24) is 15.1 Å². The van der Waals surface area contributed by atoms with Gasteiger partial charge in [-0.1, -0.05) is 0 Å². The number of aliphatic carboxylic acids is 1. The fourth-order valence-corrected chi connectivity index (χ4v) is 4.37. The molecule has 1 aromatic rings. The van der Waals surface area contributed by atoms with Gasteiger partial charge in [-0.25, -0.2) is 9.59 Å². The van der Waals surface area contributed by atoms with Crippen molar-refractivity contribution >= 4 is 59.1 Å². The quantitative estimate of drug-likeness (QED) is 0.296. The van der Waals surface area contributed by atoms with Crippen LogP contribution in [0, 0.1) is 5.92 Å². The second-order valence-electron chi connectivity index (χ2n) is 7.40. The molecule has 0 spiro atoms. The number of hydrogen-bond donors (Lipinski definition) is 4. The van der Waals surface area contributed by atoms with Crippen molar-refractivity contribution in [2.24, 2.45) is 5.92 Å². The number of carboxylic acid groups (broad SMARTS) is 1. The molecule has 0 radical (unpaired) electrons. The zero-order valence-corrected chi connectivity index (χ0v) is 15.6. The Labute approximate surface area is 194 Å². The van der Waals surface area contributed by atoms with Crippen LogP contribution in [0.2, 0.25) is 0 Å². The molecule has 10 nitrogen and oxygen atoms in total. The van der Waals surface area contributed by atoms with E-state index in [9.17, 15) is 29.4 Å². The van der Waals surface area contributed by atoms with Gasteiger partial charge < -0.3 is 25.7 Å². The van der Waals surface area contributed by atoms with Crippen LogP contribution >= 0.6 is 0 Å². The molecule has 4 rings (SSSR count). The predicted molar refractivity (Wildman–Crippen MR) is 107 cm³/mol. The zero-order chi connectivity index (χ0) is 20.9. The molecule has 11 heteroatoms. The van der Waals surface area contributed by atoms with E-state index in [0.29, 0.717) is 24.2 Å². The van der Waals surface area contributed by atoms with Crippen molar-refractivity contribution < 1.29 is 29.4 Å². The van der Waals surface area contributed by atoms with Gasteiger partial charge in [0.05, 0.1) is 6.04 Å². The van der Waals surface area contributed by atoms with Crippen LogP contribution in [0.25, 0.3) is 0 Å². The Morgan fingerprint density at radius 2 is 1.87 bits per heavy atom. The third kappa shape index (κ3) is 3.66. The summed E-state index contributed by atoms with van der Waals surface area (Å²) in [6, 6.07) is 4.43. The number of benzene rings is 1. The second kappa shape index (κ2) is 8.29. The van der Waals surface area contributed by atoms with Crippen LogP contribution in [-0.4, -0.2) is 98.6 Å². The molecule has 0 saturated carbocycles. The van der Waals surface area contributed by atoms with Crippen molar-refractivity contribution in [3.63, 3.8) is 0 Å². The van der Waals surface area contributed by atoms with E-state index in [1.165, 1.54) is 28.9 Å². The molecular weight excluding hydrogens is 403 g/mol. The van der Waals surface area contributed by atoms with Crippen LogP contribution in [-0.2, 0) is 14.4 Å². The van der Waals surface area contributed by atoms with E-state index < -0.39 is 23.9 Å². The van der Waals surface area contributed by atoms with Gasteiger partial charge in [-0.2, -0.15) is 0 Å². The number of likely N-dealkylation sites (tertiary alicyclic amines) is 1. The van der Waals surface area contributed by atoms with Gasteiger partial charge in [0, 0.05) is 31.6 Å². The molecule has 3 aliphatic heterocycles. The zero-order valence-electron chi connectivity index (χ0n) is 15.6. The summed E-state index contributed by atoms with van der Waals surface area (Å²) in [5.41, 5.74) is 0.852. The predicted octanol–water partition coefficient (Wildman–Crippen LogP) is -0.335. The number of anilines is 1. The van der Waals surface area contributed by atoms with E-state index in [0.717, 1.165) is 0 Å². The first-order valence-electron chi connectivity index (χ1n) is 9.17. The van der Waals surface area contributed by atoms with E-state index in [2.05, 4.69) is 10.6 Å². The Hall–Kier alpha value is -2.56. The van der Waals surface area contributed by atoms with Crippen LogP contribution in [0.5, 0.6) is 5.75 Å². The number of rotatable bonds is 4. The Morgan fingerprint density at radius 3 is 2.47 bits per heavy atom. The molecule has 4 N–H and O–H groups in total. The van der Waals surface area contributed by atoms with E-state index in [1.54, 1.807) is 12.1 Å². The molecule has 154 valence electrons. The Kier molecular flexibility index (Phi) is 6.11. The van der Waals surface area contributed by atoms with Gasteiger partial charge in [0.25, 0.3) is 5.91 Å². The number of aromatic hydroxyl groups is 1. The number of urea groups is 1. The number of carbonyl (C=O) groups excluding carboxylic acids is 3. The van der Waals surface area contributed by atoms with Crippen LogP contribution < -0.4 is 10.6 Å². The number of phenols is 1. The van der Waals surface area contributed by atoms with Crippen LogP contribution in [0.15, 0.2) is 35.5 Å². The van der Waals surface area contributed by atoms with Crippen molar-refractivity contribution in [2.75, 3.05) is 18.4 Å². The third-order valence-electron chi connectivity index (χ3n) is 5.58. The molecule has 0 bridgehead atoms. The summed E-state index contributed by atoms with van der Waals surface area (Å²) in [5, 5.41) is 24.3. The number of carbonyl (C=O) groups is 4. The Morgan fingerprint density at radius 1 is 1.20 bits per heavy atom.